The van der Waals surface area contributed by atoms with Crippen LogP contribution in [0, 0.1) is 0 Å². The van der Waals surface area contributed by atoms with Gasteiger partial charge in [-0.1, -0.05) is 37.3 Å². The minimum Gasteiger partial charge on any atom is -0.497 e. The van der Waals surface area contributed by atoms with Gasteiger partial charge in [0.1, 0.15) is 5.75 Å². The predicted molar refractivity (Wildman–Crippen MR) is 89.1 cm³/mol. The minimum atomic E-state index is 0.297. The van der Waals surface area contributed by atoms with Crippen LogP contribution in [0.25, 0.3) is 0 Å². The minimum absolute atomic E-state index is 0.297. The van der Waals surface area contributed by atoms with Crippen molar-refractivity contribution in [2.24, 2.45) is 0 Å². The lowest BCUT2D eigenvalue weighted by Gasteiger charge is -2.27. The van der Waals surface area contributed by atoms with Gasteiger partial charge < -0.3 is 15.0 Å². The van der Waals surface area contributed by atoms with Crippen LogP contribution in [-0.4, -0.2) is 27.2 Å². The number of para-hydroxylation sites is 1. The number of hydrogen-bond donors (Lipinski definition) is 1. The molecule has 0 radical (unpaired) electrons. The molecular weight excluding hydrogens is 260 g/mol. The van der Waals surface area contributed by atoms with E-state index in [0.29, 0.717) is 6.04 Å². The van der Waals surface area contributed by atoms with Gasteiger partial charge in [0.05, 0.1) is 7.11 Å². The molecule has 1 N–H and O–H groups in total. The zero-order chi connectivity index (χ0) is 15.1. The molecule has 0 bridgehead atoms. The Labute approximate surface area is 127 Å². The average Bonchev–Trinajstić information content (AvgIpc) is 2.55. The van der Waals surface area contributed by atoms with Crippen LogP contribution in [0.5, 0.6) is 5.75 Å². The van der Waals surface area contributed by atoms with Crippen molar-refractivity contribution in [2.45, 2.75) is 13.0 Å². The molecule has 0 aromatic heterocycles. The highest BCUT2D eigenvalue weighted by Crippen LogP contribution is 2.20. The van der Waals surface area contributed by atoms with E-state index in [1.54, 1.807) is 7.11 Å². The van der Waals surface area contributed by atoms with Crippen LogP contribution in [0.1, 0.15) is 18.5 Å². The van der Waals surface area contributed by atoms with E-state index in [1.165, 1.54) is 11.3 Å². The van der Waals surface area contributed by atoms with Crippen molar-refractivity contribution in [3.63, 3.8) is 0 Å². The van der Waals surface area contributed by atoms with Gasteiger partial charge in [0.25, 0.3) is 0 Å². The van der Waals surface area contributed by atoms with Gasteiger partial charge in [-0.3, -0.25) is 0 Å². The average molecular weight is 284 g/mol. The number of benzene rings is 2. The van der Waals surface area contributed by atoms with E-state index in [2.05, 4.69) is 60.6 Å². The van der Waals surface area contributed by atoms with Gasteiger partial charge >= 0.3 is 0 Å². The lowest BCUT2D eigenvalue weighted by atomic mass is 10.1. The summed E-state index contributed by atoms with van der Waals surface area (Å²) in [5, 5.41) is 3.55. The van der Waals surface area contributed by atoms with Crippen LogP contribution in [0.4, 0.5) is 5.69 Å². The molecule has 0 heterocycles. The molecule has 3 heteroatoms. The van der Waals surface area contributed by atoms with Crippen LogP contribution in [0.15, 0.2) is 54.6 Å². The fourth-order valence-electron chi connectivity index (χ4n) is 2.43. The summed E-state index contributed by atoms with van der Waals surface area (Å²) in [6, 6.07) is 19.0. The van der Waals surface area contributed by atoms with Gasteiger partial charge in [0, 0.05) is 25.3 Å². The number of methoxy groups -OCH3 is 1. The standard InChI is InChI=1S/C18H24N2O/c1-4-19-18(15-10-12-17(21-3)13-11-15)14-20(2)16-8-6-5-7-9-16/h5-13,18-19H,4,14H2,1-3H3. The summed E-state index contributed by atoms with van der Waals surface area (Å²) in [5.74, 6) is 0.894. The van der Waals surface area contributed by atoms with E-state index in [4.69, 9.17) is 4.74 Å². The Morgan fingerprint density at radius 1 is 1.05 bits per heavy atom. The SMILES string of the molecule is CCNC(CN(C)c1ccccc1)c1ccc(OC)cc1. The number of rotatable bonds is 7. The number of hydrogen-bond acceptors (Lipinski definition) is 3. The molecule has 1 atom stereocenters. The first-order valence-corrected chi connectivity index (χ1v) is 7.38. The molecule has 0 fully saturated rings. The first-order chi connectivity index (χ1) is 10.2. The fraction of sp³-hybridized carbons (Fsp3) is 0.333. The van der Waals surface area contributed by atoms with Crippen molar-refractivity contribution >= 4 is 5.69 Å². The number of ether oxygens (including phenoxy) is 1. The molecule has 0 aliphatic rings. The number of likely N-dealkylation sites (N-methyl/N-ethyl adjacent to an activating group) is 2. The van der Waals surface area contributed by atoms with Gasteiger partial charge in [-0.25, -0.2) is 0 Å². The Kier molecular flexibility index (Phi) is 5.64. The Morgan fingerprint density at radius 2 is 1.71 bits per heavy atom. The van der Waals surface area contributed by atoms with Crippen LogP contribution >= 0.6 is 0 Å². The Balaban J connectivity index is 2.11. The van der Waals surface area contributed by atoms with Gasteiger partial charge in [-0.2, -0.15) is 0 Å². The summed E-state index contributed by atoms with van der Waals surface area (Å²) in [4.78, 5) is 2.28. The summed E-state index contributed by atoms with van der Waals surface area (Å²) in [6.07, 6.45) is 0. The van der Waals surface area contributed by atoms with Gasteiger partial charge in [0.2, 0.25) is 0 Å². The maximum Gasteiger partial charge on any atom is 0.118 e. The molecule has 0 aliphatic heterocycles. The zero-order valence-corrected chi connectivity index (χ0v) is 13.0. The lowest BCUT2D eigenvalue weighted by molar-refractivity contribution is 0.414. The van der Waals surface area contributed by atoms with Crippen molar-refractivity contribution in [3.05, 3.63) is 60.2 Å². The van der Waals surface area contributed by atoms with Crippen molar-refractivity contribution in [3.8, 4) is 5.75 Å². The molecule has 21 heavy (non-hydrogen) atoms. The summed E-state index contributed by atoms with van der Waals surface area (Å²) in [7, 11) is 3.82. The third-order valence-corrected chi connectivity index (χ3v) is 3.62. The number of anilines is 1. The third-order valence-electron chi connectivity index (χ3n) is 3.62. The molecule has 0 saturated carbocycles. The predicted octanol–water partition coefficient (Wildman–Crippen LogP) is 3.48. The molecule has 1 unspecified atom stereocenters. The monoisotopic (exact) mass is 284 g/mol. The first-order valence-electron chi connectivity index (χ1n) is 7.38. The van der Waals surface area contributed by atoms with Gasteiger partial charge in [0.15, 0.2) is 0 Å². The summed E-state index contributed by atoms with van der Waals surface area (Å²) in [6.45, 7) is 4.00. The third kappa shape index (κ3) is 4.23. The van der Waals surface area contributed by atoms with Crippen molar-refractivity contribution in [1.82, 2.24) is 5.32 Å². The largest absolute Gasteiger partial charge is 0.497 e. The summed E-state index contributed by atoms with van der Waals surface area (Å²) in [5.41, 5.74) is 2.51. The molecule has 2 aromatic rings. The quantitative estimate of drug-likeness (QED) is 0.842. The first kappa shape index (κ1) is 15.4. The molecule has 0 spiro atoms. The topological polar surface area (TPSA) is 24.5 Å². The molecule has 0 aliphatic carbocycles. The molecule has 0 saturated heterocycles. The Hall–Kier alpha value is -2.00. The maximum atomic E-state index is 5.23. The normalized spacial score (nSPS) is 12.0. The molecule has 2 aromatic carbocycles. The smallest absolute Gasteiger partial charge is 0.118 e. The number of nitrogens with zero attached hydrogens (tertiary/aromatic N) is 1. The second-order valence-electron chi connectivity index (χ2n) is 5.10. The summed E-state index contributed by atoms with van der Waals surface area (Å²) >= 11 is 0. The molecular formula is C18H24N2O. The fourth-order valence-corrected chi connectivity index (χ4v) is 2.43. The van der Waals surface area contributed by atoms with Crippen LogP contribution in [0.2, 0.25) is 0 Å². The van der Waals surface area contributed by atoms with E-state index in [-0.39, 0.29) is 0 Å². The van der Waals surface area contributed by atoms with Crippen molar-refractivity contribution in [1.29, 1.82) is 0 Å². The van der Waals surface area contributed by atoms with E-state index < -0.39 is 0 Å². The lowest BCUT2D eigenvalue weighted by Crippen LogP contribution is -2.33. The molecule has 2 rings (SSSR count). The maximum absolute atomic E-state index is 5.23. The highest BCUT2D eigenvalue weighted by molar-refractivity contribution is 5.45. The van der Waals surface area contributed by atoms with Gasteiger partial charge in [-0.05, 0) is 36.4 Å². The van der Waals surface area contributed by atoms with Crippen LogP contribution in [-0.2, 0) is 0 Å². The molecule has 112 valence electrons. The summed E-state index contributed by atoms with van der Waals surface area (Å²) < 4.78 is 5.23. The second kappa shape index (κ2) is 7.70. The highest BCUT2D eigenvalue weighted by atomic mass is 16.5. The number of nitrogens with one attached hydrogen (secondary N) is 1. The second-order valence-corrected chi connectivity index (χ2v) is 5.10. The Bertz CT molecular complexity index is 525. The van der Waals surface area contributed by atoms with Crippen molar-refractivity contribution < 1.29 is 4.74 Å². The van der Waals surface area contributed by atoms with E-state index >= 15 is 0 Å². The molecule has 3 nitrogen and oxygen atoms in total. The zero-order valence-electron chi connectivity index (χ0n) is 13.0. The van der Waals surface area contributed by atoms with Gasteiger partial charge in [-0.15, -0.1) is 0 Å². The Morgan fingerprint density at radius 3 is 2.29 bits per heavy atom. The van der Waals surface area contributed by atoms with E-state index in [0.717, 1.165) is 18.8 Å². The van der Waals surface area contributed by atoms with E-state index in [9.17, 15) is 0 Å². The molecule has 0 amide bonds. The van der Waals surface area contributed by atoms with E-state index in [1.807, 2.05) is 18.2 Å². The van der Waals surface area contributed by atoms with Crippen LogP contribution < -0.4 is 15.0 Å². The van der Waals surface area contributed by atoms with Crippen molar-refractivity contribution in [2.75, 3.05) is 32.1 Å². The highest BCUT2D eigenvalue weighted by Gasteiger charge is 2.13. The van der Waals surface area contributed by atoms with Crippen LogP contribution in [0.3, 0.4) is 0 Å².